The van der Waals surface area contributed by atoms with E-state index < -0.39 is 0 Å². The molecule has 2 aromatic heterocycles. The quantitative estimate of drug-likeness (QED) is 0.617. The molecule has 2 amide bonds. The summed E-state index contributed by atoms with van der Waals surface area (Å²) in [4.78, 5) is 33.3. The highest BCUT2D eigenvalue weighted by Crippen LogP contribution is 2.28. The third-order valence-electron chi connectivity index (χ3n) is 7.22. The minimum absolute atomic E-state index is 0.00283. The number of pyridine rings is 1. The van der Waals surface area contributed by atoms with Crippen LogP contribution in [0.15, 0.2) is 48.8 Å². The van der Waals surface area contributed by atoms with Crippen LogP contribution in [0.25, 0.3) is 16.7 Å². The van der Waals surface area contributed by atoms with Gasteiger partial charge < -0.3 is 19.7 Å². The zero-order chi connectivity index (χ0) is 23.7. The van der Waals surface area contributed by atoms with Gasteiger partial charge in [-0.1, -0.05) is 12.8 Å². The molecule has 0 bridgehead atoms. The number of amides is 2. The number of rotatable bonds is 5. The van der Waals surface area contributed by atoms with Crippen molar-refractivity contribution in [3.8, 4) is 5.82 Å². The summed E-state index contributed by atoms with van der Waals surface area (Å²) in [6.45, 7) is 1.68. The molecule has 0 unspecified atom stereocenters. The zero-order valence-corrected chi connectivity index (χ0v) is 20.0. The Morgan fingerprint density at radius 2 is 1.76 bits per heavy atom. The number of fused-ring (bicyclic) bond motifs is 1. The largest absolute Gasteiger partial charge is 0.381 e. The normalized spacial score (nSPS) is 17.3. The third kappa shape index (κ3) is 4.52. The second kappa shape index (κ2) is 9.49. The number of piperidine rings is 1. The van der Waals surface area contributed by atoms with Crippen molar-refractivity contribution in [1.82, 2.24) is 19.4 Å². The molecule has 0 spiro atoms. The summed E-state index contributed by atoms with van der Waals surface area (Å²) in [6.07, 6.45) is 10.3. The van der Waals surface area contributed by atoms with Gasteiger partial charge in [-0.25, -0.2) is 4.98 Å². The molecule has 34 heavy (non-hydrogen) atoms. The molecule has 2 aliphatic rings. The molecule has 0 atom stereocenters. The highest BCUT2D eigenvalue weighted by atomic mass is 16.2. The number of nitrogens with zero attached hydrogens (tertiary/aromatic N) is 4. The fraction of sp³-hybridized carbons (Fsp3) is 0.444. The van der Waals surface area contributed by atoms with Gasteiger partial charge in [-0.3, -0.25) is 9.59 Å². The predicted molar refractivity (Wildman–Crippen MR) is 134 cm³/mol. The molecule has 1 saturated heterocycles. The SMILES string of the molecule is CN(C)C(=O)c1ccc2c(ccn2-c2ccc(NC3CCN(C(=O)C4CCCC4)CC3)cn2)c1. The number of likely N-dealkylation sites (tertiary alicyclic amines) is 1. The first-order chi connectivity index (χ1) is 16.5. The van der Waals surface area contributed by atoms with Crippen molar-refractivity contribution in [2.75, 3.05) is 32.5 Å². The number of hydrogen-bond acceptors (Lipinski definition) is 4. The van der Waals surface area contributed by atoms with E-state index in [0.717, 1.165) is 61.2 Å². The summed E-state index contributed by atoms with van der Waals surface area (Å²) in [5, 5.41) is 4.61. The lowest BCUT2D eigenvalue weighted by Gasteiger charge is -2.34. The molecule has 1 aliphatic heterocycles. The molecule has 1 saturated carbocycles. The fourth-order valence-corrected chi connectivity index (χ4v) is 5.26. The van der Waals surface area contributed by atoms with Crippen molar-refractivity contribution in [3.63, 3.8) is 0 Å². The highest BCUT2D eigenvalue weighted by Gasteiger charge is 2.30. The number of hydrogen-bond donors (Lipinski definition) is 1. The van der Waals surface area contributed by atoms with Gasteiger partial charge in [0.2, 0.25) is 5.91 Å². The Balaban J connectivity index is 1.21. The Kier molecular flexibility index (Phi) is 6.26. The van der Waals surface area contributed by atoms with Gasteiger partial charge in [-0.05, 0) is 62.1 Å². The Morgan fingerprint density at radius 3 is 2.44 bits per heavy atom. The summed E-state index contributed by atoms with van der Waals surface area (Å²) in [6, 6.07) is 12.2. The van der Waals surface area contributed by atoms with E-state index in [0.29, 0.717) is 17.5 Å². The Hall–Kier alpha value is -3.35. The fourth-order valence-electron chi connectivity index (χ4n) is 5.26. The predicted octanol–water partition coefficient (Wildman–Crippen LogP) is 4.32. The van der Waals surface area contributed by atoms with Crippen molar-refractivity contribution in [3.05, 3.63) is 54.4 Å². The van der Waals surface area contributed by atoms with Crippen LogP contribution in [0.3, 0.4) is 0 Å². The molecule has 1 N–H and O–H groups in total. The van der Waals surface area contributed by atoms with Crippen molar-refractivity contribution >= 4 is 28.4 Å². The average molecular weight is 460 g/mol. The van der Waals surface area contributed by atoms with Crippen molar-refractivity contribution < 1.29 is 9.59 Å². The van der Waals surface area contributed by atoms with Gasteiger partial charge in [0, 0.05) is 56.3 Å². The van der Waals surface area contributed by atoms with Gasteiger partial charge in [0.1, 0.15) is 5.82 Å². The maximum Gasteiger partial charge on any atom is 0.253 e. The van der Waals surface area contributed by atoms with E-state index in [2.05, 4.69) is 21.3 Å². The number of benzene rings is 1. The van der Waals surface area contributed by atoms with Gasteiger partial charge in [0.15, 0.2) is 0 Å². The molecule has 1 aromatic carbocycles. The highest BCUT2D eigenvalue weighted by molar-refractivity contribution is 5.98. The van der Waals surface area contributed by atoms with Crippen LogP contribution >= 0.6 is 0 Å². The van der Waals surface area contributed by atoms with Crippen LogP contribution in [0.5, 0.6) is 0 Å². The topological polar surface area (TPSA) is 70.5 Å². The van der Waals surface area contributed by atoms with E-state index in [1.807, 2.05) is 47.3 Å². The average Bonchev–Trinajstić information content (AvgIpc) is 3.54. The van der Waals surface area contributed by atoms with E-state index in [4.69, 9.17) is 0 Å². The number of anilines is 1. The van der Waals surface area contributed by atoms with E-state index in [9.17, 15) is 9.59 Å². The number of carbonyl (C=O) groups excluding carboxylic acids is 2. The second-order valence-electron chi connectivity index (χ2n) is 9.79. The van der Waals surface area contributed by atoms with Gasteiger partial charge in [0.25, 0.3) is 5.91 Å². The van der Waals surface area contributed by atoms with E-state index in [1.165, 1.54) is 12.8 Å². The van der Waals surface area contributed by atoms with Crippen molar-refractivity contribution in [1.29, 1.82) is 0 Å². The maximum atomic E-state index is 12.7. The Bertz CT molecular complexity index is 1170. The van der Waals surface area contributed by atoms with Crippen LogP contribution in [-0.2, 0) is 4.79 Å². The Morgan fingerprint density at radius 1 is 1.00 bits per heavy atom. The second-order valence-corrected chi connectivity index (χ2v) is 9.79. The molecule has 7 heteroatoms. The monoisotopic (exact) mass is 459 g/mol. The zero-order valence-electron chi connectivity index (χ0n) is 20.0. The van der Waals surface area contributed by atoms with Gasteiger partial charge in [-0.15, -0.1) is 0 Å². The summed E-state index contributed by atoms with van der Waals surface area (Å²) in [7, 11) is 3.52. The standard InChI is InChI=1S/C27H33N5O2/c1-30(2)26(33)21-7-9-24-20(17-21)11-16-32(24)25-10-8-23(18-28-25)29-22-12-14-31(15-13-22)27(34)19-5-3-4-6-19/h7-11,16-19,22,29H,3-6,12-15H2,1-2H3. The van der Waals surface area contributed by atoms with Crippen LogP contribution in [0.1, 0.15) is 48.9 Å². The first-order valence-electron chi connectivity index (χ1n) is 12.3. The number of aromatic nitrogens is 2. The van der Waals surface area contributed by atoms with Crippen LogP contribution < -0.4 is 5.32 Å². The molecule has 0 radical (unpaired) electrons. The smallest absolute Gasteiger partial charge is 0.253 e. The number of carbonyl (C=O) groups is 2. The molecule has 2 fully saturated rings. The van der Waals surface area contributed by atoms with Gasteiger partial charge >= 0.3 is 0 Å². The van der Waals surface area contributed by atoms with E-state index in [-0.39, 0.29) is 11.8 Å². The molecular formula is C27H33N5O2. The third-order valence-corrected chi connectivity index (χ3v) is 7.22. The molecule has 5 rings (SSSR count). The molecule has 178 valence electrons. The lowest BCUT2D eigenvalue weighted by Crippen LogP contribution is -2.44. The number of nitrogens with one attached hydrogen (secondary N) is 1. The van der Waals surface area contributed by atoms with E-state index in [1.54, 1.807) is 19.0 Å². The maximum absolute atomic E-state index is 12.7. The first-order valence-corrected chi connectivity index (χ1v) is 12.3. The van der Waals surface area contributed by atoms with Crippen LogP contribution in [-0.4, -0.2) is 64.4 Å². The van der Waals surface area contributed by atoms with Crippen molar-refractivity contribution in [2.45, 2.75) is 44.6 Å². The molecular weight excluding hydrogens is 426 g/mol. The minimum atomic E-state index is -0.00283. The Labute approximate surface area is 200 Å². The van der Waals surface area contributed by atoms with Crippen LogP contribution in [0.4, 0.5) is 5.69 Å². The lowest BCUT2D eigenvalue weighted by molar-refractivity contribution is -0.136. The summed E-state index contributed by atoms with van der Waals surface area (Å²) in [5.74, 6) is 1.48. The summed E-state index contributed by atoms with van der Waals surface area (Å²) < 4.78 is 2.04. The molecule has 3 aromatic rings. The molecule has 1 aliphatic carbocycles. The molecule has 7 nitrogen and oxygen atoms in total. The lowest BCUT2D eigenvalue weighted by atomic mass is 10.0. The minimum Gasteiger partial charge on any atom is -0.381 e. The van der Waals surface area contributed by atoms with Gasteiger partial charge in [-0.2, -0.15) is 0 Å². The van der Waals surface area contributed by atoms with Crippen LogP contribution in [0, 0.1) is 5.92 Å². The summed E-state index contributed by atoms with van der Waals surface area (Å²) in [5.41, 5.74) is 2.70. The summed E-state index contributed by atoms with van der Waals surface area (Å²) >= 11 is 0. The van der Waals surface area contributed by atoms with Crippen LogP contribution in [0.2, 0.25) is 0 Å². The van der Waals surface area contributed by atoms with E-state index >= 15 is 0 Å². The van der Waals surface area contributed by atoms with Crippen molar-refractivity contribution in [2.24, 2.45) is 5.92 Å². The molecule has 3 heterocycles. The first kappa shape index (κ1) is 22.4. The van der Waals surface area contributed by atoms with Gasteiger partial charge in [0.05, 0.1) is 17.4 Å².